The summed E-state index contributed by atoms with van der Waals surface area (Å²) >= 11 is 6.13. The Hall–Kier alpha value is -1.13. The molecule has 0 spiro atoms. The highest BCUT2D eigenvalue weighted by Gasteiger charge is 2.53. The molecule has 1 aromatic heterocycles. The van der Waals surface area contributed by atoms with Crippen LogP contribution in [0.3, 0.4) is 0 Å². The van der Waals surface area contributed by atoms with Gasteiger partial charge in [-0.2, -0.15) is 0 Å². The van der Waals surface area contributed by atoms with E-state index in [2.05, 4.69) is 4.98 Å². The number of carbonyl (C=O) groups is 1. The van der Waals surface area contributed by atoms with E-state index in [1.807, 2.05) is 6.07 Å². The zero-order valence-corrected chi connectivity index (χ0v) is 12.4. The second kappa shape index (κ2) is 5.01. The molecule has 5 heteroatoms. The summed E-state index contributed by atoms with van der Waals surface area (Å²) in [4.78, 5) is 16.6. The number of aromatic nitrogens is 1. The van der Waals surface area contributed by atoms with Crippen LogP contribution in [0.25, 0.3) is 0 Å². The molecular formula is C15H18ClNO3. The number of hydrogen-bond acceptors (Lipinski definition) is 4. The maximum absolute atomic E-state index is 12.2. The Labute approximate surface area is 123 Å². The third-order valence-electron chi connectivity index (χ3n) is 4.42. The number of esters is 1. The fourth-order valence-corrected chi connectivity index (χ4v) is 3.20. The molecule has 0 bridgehead atoms. The standard InChI is InChI=1S/C15H18ClNO3/c1-19-11-7-15(8-11,14(18)20-2)10-5-12(9-3-4-9)17-13(16)6-10/h5-6,9,11H,3-4,7-8H2,1-2H3. The van der Waals surface area contributed by atoms with E-state index in [9.17, 15) is 4.79 Å². The number of rotatable bonds is 4. The van der Waals surface area contributed by atoms with Gasteiger partial charge in [-0.3, -0.25) is 4.79 Å². The molecule has 0 amide bonds. The fourth-order valence-electron chi connectivity index (χ4n) is 2.98. The Morgan fingerprint density at radius 2 is 2.05 bits per heavy atom. The molecule has 3 rings (SSSR count). The zero-order valence-electron chi connectivity index (χ0n) is 11.7. The maximum atomic E-state index is 12.2. The van der Waals surface area contributed by atoms with E-state index in [0.717, 1.165) is 24.1 Å². The zero-order chi connectivity index (χ0) is 14.3. The smallest absolute Gasteiger partial charge is 0.316 e. The van der Waals surface area contributed by atoms with Crippen LogP contribution in [0.4, 0.5) is 0 Å². The van der Waals surface area contributed by atoms with Crippen molar-refractivity contribution in [2.24, 2.45) is 0 Å². The van der Waals surface area contributed by atoms with Gasteiger partial charge in [-0.25, -0.2) is 4.98 Å². The van der Waals surface area contributed by atoms with Crippen molar-refractivity contribution in [2.45, 2.75) is 43.1 Å². The first-order valence-electron chi connectivity index (χ1n) is 6.88. The largest absolute Gasteiger partial charge is 0.468 e. The third kappa shape index (κ3) is 2.21. The molecule has 1 aromatic rings. The summed E-state index contributed by atoms with van der Waals surface area (Å²) in [6, 6.07) is 3.81. The van der Waals surface area contributed by atoms with Crippen LogP contribution in [0.2, 0.25) is 5.15 Å². The highest BCUT2D eigenvalue weighted by Crippen LogP contribution is 2.48. The van der Waals surface area contributed by atoms with Crippen LogP contribution in [0.1, 0.15) is 42.9 Å². The average Bonchev–Trinajstić information content (AvgIpc) is 3.21. The van der Waals surface area contributed by atoms with Crippen LogP contribution < -0.4 is 0 Å². The Morgan fingerprint density at radius 3 is 2.60 bits per heavy atom. The van der Waals surface area contributed by atoms with Crippen molar-refractivity contribution in [3.63, 3.8) is 0 Å². The maximum Gasteiger partial charge on any atom is 0.316 e. The van der Waals surface area contributed by atoms with Crippen LogP contribution in [-0.4, -0.2) is 31.3 Å². The van der Waals surface area contributed by atoms with Gasteiger partial charge in [-0.05, 0) is 43.4 Å². The lowest BCUT2D eigenvalue weighted by Crippen LogP contribution is -2.52. The van der Waals surface area contributed by atoms with Gasteiger partial charge in [-0.1, -0.05) is 11.6 Å². The van der Waals surface area contributed by atoms with E-state index in [0.29, 0.717) is 23.9 Å². The SMILES string of the molecule is COC(=O)C1(c2cc(Cl)nc(C3CC3)c2)CC(OC)C1. The Morgan fingerprint density at radius 1 is 1.35 bits per heavy atom. The minimum Gasteiger partial charge on any atom is -0.468 e. The van der Waals surface area contributed by atoms with Crippen molar-refractivity contribution in [3.05, 3.63) is 28.5 Å². The second-order valence-electron chi connectivity index (χ2n) is 5.72. The van der Waals surface area contributed by atoms with Crippen molar-refractivity contribution in [1.29, 1.82) is 0 Å². The first-order valence-corrected chi connectivity index (χ1v) is 7.26. The first kappa shape index (κ1) is 13.8. The molecule has 108 valence electrons. The minimum atomic E-state index is -0.619. The summed E-state index contributed by atoms with van der Waals surface area (Å²) < 4.78 is 10.3. The molecule has 2 saturated carbocycles. The van der Waals surface area contributed by atoms with Crippen molar-refractivity contribution < 1.29 is 14.3 Å². The molecule has 0 N–H and O–H groups in total. The molecule has 0 saturated heterocycles. The summed E-state index contributed by atoms with van der Waals surface area (Å²) in [5.41, 5.74) is 1.29. The van der Waals surface area contributed by atoms with E-state index in [4.69, 9.17) is 21.1 Å². The summed E-state index contributed by atoms with van der Waals surface area (Å²) in [5.74, 6) is 0.287. The molecule has 0 aliphatic heterocycles. The van der Waals surface area contributed by atoms with E-state index in [1.54, 1.807) is 13.2 Å². The molecule has 2 fully saturated rings. The number of halogens is 1. The summed E-state index contributed by atoms with van der Waals surface area (Å²) in [5, 5.41) is 0.452. The topological polar surface area (TPSA) is 48.4 Å². The lowest BCUT2D eigenvalue weighted by atomic mass is 9.62. The Balaban J connectivity index is 1.97. The summed E-state index contributed by atoms with van der Waals surface area (Å²) in [6.45, 7) is 0. The highest BCUT2D eigenvalue weighted by molar-refractivity contribution is 6.29. The molecule has 2 aliphatic rings. The predicted molar refractivity (Wildman–Crippen MR) is 74.9 cm³/mol. The lowest BCUT2D eigenvalue weighted by molar-refractivity contribution is -0.158. The van der Waals surface area contributed by atoms with Crippen LogP contribution >= 0.6 is 11.6 Å². The van der Waals surface area contributed by atoms with E-state index in [1.165, 1.54) is 7.11 Å². The van der Waals surface area contributed by atoms with Crippen molar-refractivity contribution in [1.82, 2.24) is 4.98 Å². The fraction of sp³-hybridized carbons (Fsp3) is 0.600. The van der Waals surface area contributed by atoms with Crippen LogP contribution in [-0.2, 0) is 19.7 Å². The predicted octanol–water partition coefficient (Wildman–Crippen LogP) is 2.83. The molecule has 2 aliphatic carbocycles. The van der Waals surface area contributed by atoms with Gasteiger partial charge in [0.1, 0.15) is 5.15 Å². The van der Waals surface area contributed by atoms with Gasteiger partial charge >= 0.3 is 5.97 Å². The van der Waals surface area contributed by atoms with Gasteiger partial charge in [0, 0.05) is 18.7 Å². The Bertz CT molecular complexity index is 536. The molecule has 20 heavy (non-hydrogen) atoms. The van der Waals surface area contributed by atoms with Crippen LogP contribution in [0.5, 0.6) is 0 Å². The third-order valence-corrected chi connectivity index (χ3v) is 4.62. The number of hydrogen-bond donors (Lipinski definition) is 0. The van der Waals surface area contributed by atoms with Crippen molar-refractivity contribution >= 4 is 17.6 Å². The minimum absolute atomic E-state index is 0.102. The van der Waals surface area contributed by atoms with E-state index in [-0.39, 0.29) is 12.1 Å². The van der Waals surface area contributed by atoms with E-state index < -0.39 is 5.41 Å². The molecule has 0 radical (unpaired) electrons. The summed E-state index contributed by atoms with van der Waals surface area (Å²) in [6.07, 6.45) is 3.68. The molecular weight excluding hydrogens is 278 g/mol. The average molecular weight is 296 g/mol. The van der Waals surface area contributed by atoms with E-state index >= 15 is 0 Å². The normalized spacial score (nSPS) is 28.9. The number of methoxy groups -OCH3 is 2. The van der Waals surface area contributed by atoms with Crippen molar-refractivity contribution in [2.75, 3.05) is 14.2 Å². The monoisotopic (exact) mass is 295 g/mol. The second-order valence-corrected chi connectivity index (χ2v) is 6.10. The number of pyridine rings is 1. The van der Waals surface area contributed by atoms with Gasteiger partial charge in [0.2, 0.25) is 0 Å². The first-order chi connectivity index (χ1) is 9.59. The quantitative estimate of drug-likeness (QED) is 0.633. The lowest BCUT2D eigenvalue weighted by Gasteiger charge is -2.44. The van der Waals surface area contributed by atoms with Crippen LogP contribution in [0.15, 0.2) is 12.1 Å². The van der Waals surface area contributed by atoms with Gasteiger partial charge in [0.05, 0.1) is 18.6 Å². The number of ether oxygens (including phenoxy) is 2. The molecule has 4 nitrogen and oxygen atoms in total. The van der Waals surface area contributed by atoms with Crippen molar-refractivity contribution in [3.8, 4) is 0 Å². The Kier molecular flexibility index (Phi) is 3.46. The van der Waals surface area contributed by atoms with Gasteiger partial charge in [0.25, 0.3) is 0 Å². The number of carbonyl (C=O) groups excluding carboxylic acids is 1. The highest BCUT2D eigenvalue weighted by atomic mass is 35.5. The van der Waals surface area contributed by atoms with Gasteiger partial charge in [-0.15, -0.1) is 0 Å². The molecule has 0 atom stereocenters. The molecule has 1 heterocycles. The molecule has 0 unspecified atom stereocenters. The summed E-state index contributed by atoms with van der Waals surface area (Å²) in [7, 11) is 3.09. The number of nitrogens with zero attached hydrogens (tertiary/aromatic N) is 1. The van der Waals surface area contributed by atoms with Gasteiger partial charge < -0.3 is 9.47 Å². The van der Waals surface area contributed by atoms with Crippen LogP contribution in [0, 0.1) is 0 Å². The molecule has 0 aromatic carbocycles. The van der Waals surface area contributed by atoms with Gasteiger partial charge in [0.15, 0.2) is 0 Å².